The van der Waals surface area contributed by atoms with E-state index in [-0.39, 0.29) is 11.3 Å². The van der Waals surface area contributed by atoms with E-state index in [2.05, 4.69) is 0 Å². The fraction of sp³-hybridized carbons (Fsp3) is 0.143. The Morgan fingerprint density at radius 2 is 1.30 bits per heavy atom. The lowest BCUT2D eigenvalue weighted by Crippen LogP contribution is -2.04. The smallest absolute Gasteiger partial charge is 0.200 e. The molecule has 0 amide bonds. The number of benzene rings is 2. The lowest BCUT2D eigenvalue weighted by molar-refractivity contribution is 0.381. The van der Waals surface area contributed by atoms with Crippen LogP contribution in [0, 0.1) is 36.0 Å². The third kappa shape index (κ3) is 2.11. The van der Waals surface area contributed by atoms with Crippen molar-refractivity contribution in [2.75, 3.05) is 7.11 Å². The minimum absolute atomic E-state index is 0.153. The summed E-state index contributed by atoms with van der Waals surface area (Å²) < 4.78 is 71.6. The SMILES string of the molecule is COc1cc(-c2c(F)c(F)c(F)c(F)c2F)ccc1C. The van der Waals surface area contributed by atoms with Crippen LogP contribution >= 0.6 is 0 Å². The molecule has 2 rings (SSSR count). The highest BCUT2D eigenvalue weighted by atomic mass is 19.2. The number of aryl methyl sites for hydroxylation is 1. The average molecular weight is 288 g/mol. The Balaban J connectivity index is 2.76. The standard InChI is InChI=1S/C14H9F5O/c1-6-3-4-7(5-8(6)20-2)9-10(15)12(17)14(19)13(18)11(9)16/h3-5H,1-2H3. The van der Waals surface area contributed by atoms with Crippen LogP contribution in [0.25, 0.3) is 11.1 Å². The van der Waals surface area contributed by atoms with Crippen molar-refractivity contribution < 1.29 is 26.7 Å². The van der Waals surface area contributed by atoms with Gasteiger partial charge in [0, 0.05) is 0 Å². The summed E-state index contributed by atoms with van der Waals surface area (Å²) in [4.78, 5) is 0. The molecule has 0 spiro atoms. The van der Waals surface area contributed by atoms with Crippen LogP contribution in [0.5, 0.6) is 5.75 Å². The van der Waals surface area contributed by atoms with Crippen molar-refractivity contribution >= 4 is 0 Å². The molecule has 0 aliphatic carbocycles. The molecule has 0 heterocycles. The fourth-order valence-corrected chi connectivity index (χ4v) is 1.83. The van der Waals surface area contributed by atoms with E-state index in [1.54, 1.807) is 6.92 Å². The van der Waals surface area contributed by atoms with E-state index < -0.39 is 34.6 Å². The Morgan fingerprint density at radius 3 is 1.80 bits per heavy atom. The van der Waals surface area contributed by atoms with E-state index >= 15 is 0 Å². The molecule has 106 valence electrons. The van der Waals surface area contributed by atoms with Crippen LogP contribution in [-0.2, 0) is 0 Å². The first-order chi connectivity index (χ1) is 9.38. The molecule has 20 heavy (non-hydrogen) atoms. The molecule has 2 aromatic rings. The van der Waals surface area contributed by atoms with E-state index in [4.69, 9.17) is 4.74 Å². The topological polar surface area (TPSA) is 9.23 Å². The molecule has 0 aliphatic rings. The maximum absolute atomic E-state index is 13.7. The fourth-order valence-electron chi connectivity index (χ4n) is 1.83. The zero-order valence-corrected chi connectivity index (χ0v) is 10.5. The summed E-state index contributed by atoms with van der Waals surface area (Å²) in [6.07, 6.45) is 0. The van der Waals surface area contributed by atoms with Crippen molar-refractivity contribution in [1.29, 1.82) is 0 Å². The molecule has 1 nitrogen and oxygen atoms in total. The quantitative estimate of drug-likeness (QED) is 0.453. The Labute approximate surface area is 111 Å². The number of ether oxygens (including phenoxy) is 1. The average Bonchev–Trinajstić information content (AvgIpc) is 2.45. The van der Waals surface area contributed by atoms with Gasteiger partial charge < -0.3 is 4.74 Å². The van der Waals surface area contributed by atoms with Gasteiger partial charge in [-0.3, -0.25) is 0 Å². The molecule has 0 N–H and O–H groups in total. The molecule has 0 radical (unpaired) electrons. The normalized spacial score (nSPS) is 10.8. The van der Waals surface area contributed by atoms with E-state index in [9.17, 15) is 22.0 Å². The monoisotopic (exact) mass is 288 g/mol. The summed E-state index contributed by atoms with van der Waals surface area (Å²) in [5.74, 6) is -9.58. The predicted molar refractivity (Wildman–Crippen MR) is 63.0 cm³/mol. The molecule has 6 heteroatoms. The van der Waals surface area contributed by atoms with Crippen molar-refractivity contribution in [3.8, 4) is 16.9 Å². The van der Waals surface area contributed by atoms with Crippen LogP contribution in [-0.4, -0.2) is 7.11 Å². The van der Waals surface area contributed by atoms with Crippen LogP contribution in [0.2, 0.25) is 0 Å². The Morgan fingerprint density at radius 1 is 0.800 bits per heavy atom. The Kier molecular flexibility index (Phi) is 3.65. The van der Waals surface area contributed by atoms with Crippen molar-refractivity contribution in [3.63, 3.8) is 0 Å². The van der Waals surface area contributed by atoms with Crippen molar-refractivity contribution in [1.82, 2.24) is 0 Å². The van der Waals surface area contributed by atoms with Crippen LogP contribution < -0.4 is 4.74 Å². The lowest BCUT2D eigenvalue weighted by atomic mass is 10.0. The largest absolute Gasteiger partial charge is 0.496 e. The molecule has 0 aromatic heterocycles. The number of hydrogen-bond acceptors (Lipinski definition) is 1. The van der Waals surface area contributed by atoms with Gasteiger partial charge >= 0.3 is 0 Å². The van der Waals surface area contributed by atoms with Gasteiger partial charge in [-0.05, 0) is 24.1 Å². The van der Waals surface area contributed by atoms with Gasteiger partial charge in [-0.15, -0.1) is 0 Å². The third-order valence-corrected chi connectivity index (χ3v) is 2.91. The zero-order valence-electron chi connectivity index (χ0n) is 10.5. The lowest BCUT2D eigenvalue weighted by Gasteiger charge is -2.11. The first-order valence-electron chi connectivity index (χ1n) is 5.55. The van der Waals surface area contributed by atoms with Gasteiger partial charge in [-0.1, -0.05) is 12.1 Å². The van der Waals surface area contributed by atoms with Gasteiger partial charge in [0.05, 0.1) is 12.7 Å². The van der Waals surface area contributed by atoms with Gasteiger partial charge in [-0.25, -0.2) is 22.0 Å². The molecule has 0 bridgehead atoms. The molecule has 0 saturated carbocycles. The zero-order chi connectivity index (χ0) is 15.0. The molecule has 0 fully saturated rings. The van der Waals surface area contributed by atoms with E-state index in [0.717, 1.165) is 0 Å². The minimum atomic E-state index is -2.18. The molecular formula is C14H9F5O. The second kappa shape index (κ2) is 5.11. The van der Waals surface area contributed by atoms with Crippen molar-refractivity contribution in [2.45, 2.75) is 6.92 Å². The first kappa shape index (κ1) is 14.3. The second-order valence-corrected chi connectivity index (χ2v) is 4.13. The van der Waals surface area contributed by atoms with Gasteiger partial charge in [-0.2, -0.15) is 0 Å². The minimum Gasteiger partial charge on any atom is -0.496 e. The summed E-state index contributed by atoms with van der Waals surface area (Å²) in [5.41, 5.74) is -0.458. The highest BCUT2D eigenvalue weighted by Crippen LogP contribution is 2.34. The summed E-state index contributed by atoms with van der Waals surface area (Å²) in [5, 5.41) is 0. The summed E-state index contributed by atoms with van der Waals surface area (Å²) in [7, 11) is 1.34. The molecule has 2 aromatic carbocycles. The number of halogens is 5. The van der Waals surface area contributed by atoms with Crippen molar-refractivity contribution in [2.24, 2.45) is 0 Å². The van der Waals surface area contributed by atoms with Gasteiger partial charge in [0.2, 0.25) is 5.82 Å². The summed E-state index contributed by atoms with van der Waals surface area (Å²) in [6, 6.07) is 3.94. The van der Waals surface area contributed by atoms with Gasteiger partial charge in [0.1, 0.15) is 5.75 Å². The maximum atomic E-state index is 13.7. The summed E-state index contributed by atoms with van der Waals surface area (Å²) >= 11 is 0. The molecule has 0 unspecified atom stereocenters. The van der Waals surface area contributed by atoms with E-state index in [0.29, 0.717) is 5.56 Å². The van der Waals surface area contributed by atoms with E-state index in [1.807, 2.05) is 0 Å². The van der Waals surface area contributed by atoms with Crippen LogP contribution in [0.4, 0.5) is 22.0 Å². The molecular weight excluding hydrogens is 279 g/mol. The van der Waals surface area contributed by atoms with Crippen LogP contribution in [0.3, 0.4) is 0 Å². The Bertz CT molecular complexity index is 653. The van der Waals surface area contributed by atoms with Crippen LogP contribution in [0.15, 0.2) is 18.2 Å². The molecule has 0 saturated heterocycles. The predicted octanol–water partition coefficient (Wildman–Crippen LogP) is 4.37. The Hall–Kier alpha value is -2.11. The van der Waals surface area contributed by atoms with Crippen LogP contribution in [0.1, 0.15) is 5.56 Å². The molecule has 0 aliphatic heterocycles. The van der Waals surface area contributed by atoms with Gasteiger partial charge in [0.25, 0.3) is 0 Å². The van der Waals surface area contributed by atoms with E-state index in [1.165, 1.54) is 25.3 Å². The second-order valence-electron chi connectivity index (χ2n) is 4.13. The summed E-state index contributed by atoms with van der Waals surface area (Å²) in [6.45, 7) is 1.68. The number of hydrogen-bond donors (Lipinski definition) is 0. The molecule has 0 atom stereocenters. The highest BCUT2D eigenvalue weighted by molar-refractivity contribution is 5.67. The highest BCUT2D eigenvalue weighted by Gasteiger charge is 2.26. The van der Waals surface area contributed by atoms with Gasteiger partial charge in [0.15, 0.2) is 23.3 Å². The number of methoxy groups -OCH3 is 1. The number of rotatable bonds is 2. The third-order valence-electron chi connectivity index (χ3n) is 2.91. The first-order valence-corrected chi connectivity index (χ1v) is 5.55. The van der Waals surface area contributed by atoms with Crippen molar-refractivity contribution in [3.05, 3.63) is 52.8 Å². The maximum Gasteiger partial charge on any atom is 0.200 e.